The van der Waals surface area contributed by atoms with Crippen LogP contribution in [0.25, 0.3) is 0 Å². The van der Waals surface area contributed by atoms with E-state index in [0.717, 1.165) is 19.6 Å². The van der Waals surface area contributed by atoms with Crippen LogP contribution in [0.15, 0.2) is 0 Å². The Morgan fingerprint density at radius 1 is 1.39 bits per heavy atom. The first-order chi connectivity index (χ1) is 8.74. The number of hydrogen-bond donors (Lipinski definition) is 1. The third-order valence-corrected chi connectivity index (χ3v) is 4.82. The van der Waals surface area contributed by atoms with E-state index in [1.54, 1.807) is 0 Å². The van der Waals surface area contributed by atoms with Gasteiger partial charge < -0.3 is 14.8 Å². The number of rotatable bonds is 6. The fraction of sp³-hybridized carbons (Fsp3) is 1.00. The van der Waals surface area contributed by atoms with Crippen LogP contribution in [-0.2, 0) is 9.47 Å². The molecule has 1 saturated carbocycles. The van der Waals surface area contributed by atoms with Gasteiger partial charge in [-0.05, 0) is 58.4 Å². The van der Waals surface area contributed by atoms with Crippen molar-refractivity contribution in [3.05, 3.63) is 0 Å². The van der Waals surface area contributed by atoms with Gasteiger partial charge in [-0.15, -0.1) is 0 Å². The summed E-state index contributed by atoms with van der Waals surface area (Å²) in [7, 11) is 2.08. The molecule has 1 aliphatic heterocycles. The highest BCUT2D eigenvalue weighted by molar-refractivity contribution is 4.97. The lowest BCUT2D eigenvalue weighted by Gasteiger charge is -2.49. The molecule has 2 fully saturated rings. The Morgan fingerprint density at radius 2 is 2.17 bits per heavy atom. The summed E-state index contributed by atoms with van der Waals surface area (Å²) in [6, 6.07) is 0.483. The van der Waals surface area contributed by atoms with Gasteiger partial charge in [-0.1, -0.05) is 6.92 Å². The number of hydrogen-bond acceptors (Lipinski definition) is 3. The van der Waals surface area contributed by atoms with Crippen molar-refractivity contribution in [2.24, 2.45) is 5.92 Å². The summed E-state index contributed by atoms with van der Waals surface area (Å²) in [6.45, 7) is 6.06. The highest BCUT2D eigenvalue weighted by atomic mass is 16.5. The molecule has 1 N–H and O–H groups in total. The summed E-state index contributed by atoms with van der Waals surface area (Å²) < 4.78 is 11.9. The van der Waals surface area contributed by atoms with Crippen LogP contribution in [0.1, 0.15) is 52.4 Å². The summed E-state index contributed by atoms with van der Waals surface area (Å²) >= 11 is 0. The smallest absolute Gasteiger partial charge is 0.0727 e. The molecule has 3 unspecified atom stereocenters. The average Bonchev–Trinajstić information content (AvgIpc) is 2.37. The van der Waals surface area contributed by atoms with E-state index in [1.165, 1.54) is 32.1 Å². The minimum Gasteiger partial charge on any atom is -0.377 e. The average molecular weight is 255 g/mol. The molecule has 2 rings (SSSR count). The van der Waals surface area contributed by atoms with Gasteiger partial charge in [0.1, 0.15) is 0 Å². The van der Waals surface area contributed by atoms with Crippen LogP contribution in [0.5, 0.6) is 0 Å². The van der Waals surface area contributed by atoms with Gasteiger partial charge in [0.15, 0.2) is 0 Å². The molecule has 1 aliphatic carbocycles. The lowest BCUT2D eigenvalue weighted by molar-refractivity contribution is -0.152. The van der Waals surface area contributed by atoms with E-state index in [2.05, 4.69) is 26.2 Å². The molecule has 0 aromatic heterocycles. The second kappa shape index (κ2) is 6.36. The third-order valence-electron chi connectivity index (χ3n) is 4.82. The predicted molar refractivity (Wildman–Crippen MR) is 73.8 cm³/mol. The predicted octanol–water partition coefficient (Wildman–Crippen LogP) is 2.74. The lowest BCUT2D eigenvalue weighted by atomic mass is 9.69. The minimum absolute atomic E-state index is 0.239. The molecule has 18 heavy (non-hydrogen) atoms. The monoisotopic (exact) mass is 255 g/mol. The quantitative estimate of drug-likeness (QED) is 0.791. The zero-order valence-corrected chi connectivity index (χ0v) is 12.2. The van der Waals surface area contributed by atoms with Crippen molar-refractivity contribution in [2.45, 2.75) is 70.1 Å². The molecule has 0 radical (unpaired) electrons. The molecule has 3 nitrogen and oxygen atoms in total. The summed E-state index contributed by atoms with van der Waals surface area (Å²) in [5.41, 5.74) is 0.239. The Labute approximate surface area is 112 Å². The minimum atomic E-state index is 0.239. The van der Waals surface area contributed by atoms with Gasteiger partial charge in [0.2, 0.25) is 0 Å². The van der Waals surface area contributed by atoms with Gasteiger partial charge in [-0.3, -0.25) is 0 Å². The van der Waals surface area contributed by atoms with Gasteiger partial charge in [-0.25, -0.2) is 0 Å². The van der Waals surface area contributed by atoms with Gasteiger partial charge in [0, 0.05) is 19.3 Å². The molecule has 3 atom stereocenters. The van der Waals surface area contributed by atoms with Crippen LogP contribution in [-0.4, -0.2) is 38.0 Å². The number of ether oxygens (including phenoxy) is 2. The van der Waals surface area contributed by atoms with Crippen molar-refractivity contribution in [1.29, 1.82) is 0 Å². The highest BCUT2D eigenvalue weighted by Crippen LogP contribution is 2.45. The molecular weight excluding hydrogens is 226 g/mol. The van der Waals surface area contributed by atoms with Crippen molar-refractivity contribution in [1.82, 2.24) is 5.32 Å². The summed E-state index contributed by atoms with van der Waals surface area (Å²) in [6.07, 6.45) is 7.72. The summed E-state index contributed by atoms with van der Waals surface area (Å²) in [5, 5.41) is 3.51. The number of likely N-dealkylation sites (N-methyl/N-ethyl adjacent to an activating group) is 1. The molecule has 2 aliphatic rings. The van der Waals surface area contributed by atoms with Gasteiger partial charge in [0.25, 0.3) is 0 Å². The van der Waals surface area contributed by atoms with Crippen molar-refractivity contribution in [2.75, 3.05) is 20.3 Å². The first kappa shape index (κ1) is 14.3. The van der Waals surface area contributed by atoms with E-state index in [4.69, 9.17) is 9.47 Å². The maximum atomic E-state index is 6.03. The van der Waals surface area contributed by atoms with Crippen LogP contribution < -0.4 is 5.32 Å². The SMILES string of the molecule is CCOC(CC)C(NC)C1CCOC2(CCC2)C1. The molecule has 0 amide bonds. The van der Waals surface area contributed by atoms with E-state index in [-0.39, 0.29) is 5.60 Å². The van der Waals surface area contributed by atoms with Crippen molar-refractivity contribution in [3.8, 4) is 0 Å². The molecule has 1 saturated heterocycles. The molecule has 1 spiro atoms. The van der Waals surface area contributed by atoms with E-state index >= 15 is 0 Å². The molecule has 0 aromatic carbocycles. The molecule has 0 aromatic rings. The fourth-order valence-corrected chi connectivity index (χ4v) is 3.71. The molecule has 0 bridgehead atoms. The third kappa shape index (κ3) is 2.89. The Kier molecular flexibility index (Phi) is 5.05. The summed E-state index contributed by atoms with van der Waals surface area (Å²) in [5.74, 6) is 0.709. The molecular formula is C15H29NO2. The fourth-order valence-electron chi connectivity index (χ4n) is 3.71. The first-order valence-electron chi connectivity index (χ1n) is 7.67. The molecule has 3 heteroatoms. The van der Waals surface area contributed by atoms with E-state index in [0.29, 0.717) is 18.1 Å². The topological polar surface area (TPSA) is 30.5 Å². The first-order valence-corrected chi connectivity index (χ1v) is 7.67. The Hall–Kier alpha value is -0.120. The Balaban J connectivity index is 1.97. The maximum Gasteiger partial charge on any atom is 0.0727 e. The molecule has 106 valence electrons. The van der Waals surface area contributed by atoms with E-state index in [1.807, 2.05) is 0 Å². The van der Waals surface area contributed by atoms with Crippen molar-refractivity contribution in [3.63, 3.8) is 0 Å². The van der Waals surface area contributed by atoms with Crippen LogP contribution in [0.2, 0.25) is 0 Å². The standard InChI is InChI=1S/C15H29NO2/c1-4-13(17-5-2)14(16-3)12-7-10-18-15(11-12)8-6-9-15/h12-14,16H,4-11H2,1-3H3. The van der Waals surface area contributed by atoms with Crippen molar-refractivity contribution < 1.29 is 9.47 Å². The second-order valence-electron chi connectivity index (χ2n) is 5.85. The van der Waals surface area contributed by atoms with Gasteiger partial charge in [0.05, 0.1) is 11.7 Å². The zero-order valence-electron chi connectivity index (χ0n) is 12.2. The normalized spacial score (nSPS) is 29.8. The van der Waals surface area contributed by atoms with Gasteiger partial charge >= 0.3 is 0 Å². The van der Waals surface area contributed by atoms with Crippen LogP contribution in [0.4, 0.5) is 0 Å². The van der Waals surface area contributed by atoms with Gasteiger partial charge in [-0.2, -0.15) is 0 Å². The van der Waals surface area contributed by atoms with Crippen LogP contribution in [0.3, 0.4) is 0 Å². The molecule has 1 heterocycles. The second-order valence-corrected chi connectivity index (χ2v) is 5.85. The largest absolute Gasteiger partial charge is 0.377 e. The number of nitrogens with one attached hydrogen (secondary N) is 1. The summed E-state index contributed by atoms with van der Waals surface area (Å²) in [4.78, 5) is 0. The van der Waals surface area contributed by atoms with Crippen LogP contribution in [0, 0.1) is 5.92 Å². The van der Waals surface area contributed by atoms with Crippen molar-refractivity contribution >= 4 is 0 Å². The lowest BCUT2D eigenvalue weighted by Crippen LogP contribution is -2.53. The Bertz CT molecular complexity index is 253. The van der Waals surface area contributed by atoms with E-state index in [9.17, 15) is 0 Å². The highest BCUT2D eigenvalue weighted by Gasteiger charge is 2.45. The zero-order chi connectivity index (χ0) is 13.0. The van der Waals surface area contributed by atoms with Crippen LogP contribution >= 0.6 is 0 Å². The van der Waals surface area contributed by atoms with E-state index < -0.39 is 0 Å². The Morgan fingerprint density at radius 3 is 2.67 bits per heavy atom. The maximum absolute atomic E-state index is 6.03.